The standard InChI is InChI=1S/C12H26N2O.2H2/c1-4-11(2)12(15)14-10-8-6-5-7-9-13-3;;/h11,13H,4-10H2,1-3H3,(H,14,15);2*1H. The fourth-order valence-electron chi connectivity index (χ4n) is 1.35. The lowest BCUT2D eigenvalue weighted by Gasteiger charge is -2.09. The largest absolute Gasteiger partial charge is 0.356 e. The smallest absolute Gasteiger partial charge is 0.222 e. The van der Waals surface area contributed by atoms with Crippen LogP contribution in [-0.2, 0) is 4.79 Å². The van der Waals surface area contributed by atoms with Gasteiger partial charge >= 0.3 is 0 Å². The van der Waals surface area contributed by atoms with Gasteiger partial charge in [0.05, 0.1) is 0 Å². The Bertz CT molecular complexity index is 169. The molecule has 3 heteroatoms. The van der Waals surface area contributed by atoms with Crippen LogP contribution in [0.4, 0.5) is 0 Å². The first-order chi connectivity index (χ1) is 7.22. The number of amides is 1. The lowest BCUT2D eigenvalue weighted by Crippen LogP contribution is -2.29. The molecule has 1 unspecified atom stereocenters. The van der Waals surface area contributed by atoms with Crippen molar-refractivity contribution in [2.75, 3.05) is 20.1 Å². The normalized spacial score (nSPS) is 12.5. The van der Waals surface area contributed by atoms with Gasteiger partial charge in [0, 0.05) is 15.3 Å². The summed E-state index contributed by atoms with van der Waals surface area (Å²) in [5.41, 5.74) is 0. The third-order valence-corrected chi connectivity index (χ3v) is 2.71. The molecule has 0 aromatic heterocycles. The molecule has 0 aliphatic rings. The fraction of sp³-hybridized carbons (Fsp3) is 0.917. The van der Waals surface area contributed by atoms with E-state index < -0.39 is 0 Å². The number of hydrogen-bond acceptors (Lipinski definition) is 2. The molecule has 1 atom stereocenters. The van der Waals surface area contributed by atoms with Crippen LogP contribution < -0.4 is 10.6 Å². The summed E-state index contributed by atoms with van der Waals surface area (Å²) in [6, 6.07) is 0. The minimum atomic E-state index is 0. The number of carbonyl (C=O) groups is 1. The Morgan fingerprint density at radius 1 is 1.20 bits per heavy atom. The lowest BCUT2D eigenvalue weighted by atomic mass is 10.1. The maximum atomic E-state index is 11.4. The first-order valence-electron chi connectivity index (χ1n) is 6.14. The van der Waals surface area contributed by atoms with Crippen LogP contribution >= 0.6 is 0 Å². The molecule has 0 fully saturated rings. The van der Waals surface area contributed by atoms with Crippen LogP contribution in [0.2, 0.25) is 0 Å². The molecule has 0 aliphatic heterocycles. The van der Waals surface area contributed by atoms with Crippen molar-refractivity contribution in [1.82, 2.24) is 10.6 Å². The van der Waals surface area contributed by atoms with Crippen molar-refractivity contribution in [2.45, 2.75) is 46.0 Å². The fourth-order valence-corrected chi connectivity index (χ4v) is 1.35. The predicted octanol–water partition coefficient (Wildman–Crippen LogP) is 2.42. The Hall–Kier alpha value is -0.570. The SMILES string of the molecule is CCC(C)C(=O)NCCCCCCNC.[HH].[HH]. The van der Waals surface area contributed by atoms with Crippen LogP contribution in [0.5, 0.6) is 0 Å². The maximum Gasteiger partial charge on any atom is 0.222 e. The van der Waals surface area contributed by atoms with Crippen molar-refractivity contribution in [3.63, 3.8) is 0 Å². The molecule has 0 spiro atoms. The van der Waals surface area contributed by atoms with Gasteiger partial charge in [-0.15, -0.1) is 0 Å². The zero-order valence-electron chi connectivity index (χ0n) is 10.4. The molecule has 3 nitrogen and oxygen atoms in total. The van der Waals surface area contributed by atoms with Crippen molar-refractivity contribution in [3.8, 4) is 0 Å². The van der Waals surface area contributed by atoms with Crippen LogP contribution in [0.1, 0.15) is 48.8 Å². The number of rotatable bonds is 9. The van der Waals surface area contributed by atoms with E-state index in [0.717, 1.165) is 25.9 Å². The molecule has 0 radical (unpaired) electrons. The molecule has 0 rings (SSSR count). The van der Waals surface area contributed by atoms with E-state index in [2.05, 4.69) is 10.6 Å². The maximum absolute atomic E-state index is 11.4. The van der Waals surface area contributed by atoms with Crippen molar-refractivity contribution in [3.05, 3.63) is 0 Å². The van der Waals surface area contributed by atoms with Gasteiger partial charge in [-0.1, -0.05) is 26.7 Å². The van der Waals surface area contributed by atoms with Gasteiger partial charge in [0.15, 0.2) is 0 Å². The Kier molecular flexibility index (Phi) is 9.59. The Morgan fingerprint density at radius 3 is 2.33 bits per heavy atom. The molecule has 0 aliphatic carbocycles. The molecule has 94 valence electrons. The number of nitrogens with one attached hydrogen (secondary N) is 2. The summed E-state index contributed by atoms with van der Waals surface area (Å²) in [4.78, 5) is 11.4. The molecular formula is C12H30N2O. The highest BCUT2D eigenvalue weighted by Crippen LogP contribution is 2.01. The Labute approximate surface area is 97.0 Å². The first kappa shape index (κ1) is 14.4. The zero-order chi connectivity index (χ0) is 11.5. The highest BCUT2D eigenvalue weighted by Gasteiger charge is 2.08. The quantitative estimate of drug-likeness (QED) is 0.584. The zero-order valence-corrected chi connectivity index (χ0v) is 10.4. The summed E-state index contributed by atoms with van der Waals surface area (Å²) >= 11 is 0. The predicted molar refractivity (Wildman–Crippen MR) is 69.1 cm³/mol. The van der Waals surface area contributed by atoms with Crippen LogP contribution in [0.25, 0.3) is 0 Å². The van der Waals surface area contributed by atoms with E-state index in [0.29, 0.717) is 0 Å². The monoisotopic (exact) mass is 218 g/mol. The van der Waals surface area contributed by atoms with E-state index in [4.69, 9.17) is 0 Å². The van der Waals surface area contributed by atoms with Gasteiger partial charge < -0.3 is 10.6 Å². The summed E-state index contributed by atoms with van der Waals surface area (Å²) in [5, 5.41) is 6.10. The summed E-state index contributed by atoms with van der Waals surface area (Å²) < 4.78 is 0. The molecular weight excluding hydrogens is 188 g/mol. The molecule has 0 aromatic rings. The third kappa shape index (κ3) is 8.43. The topological polar surface area (TPSA) is 41.1 Å². The molecule has 0 bridgehead atoms. The van der Waals surface area contributed by atoms with Crippen LogP contribution in [0, 0.1) is 5.92 Å². The summed E-state index contributed by atoms with van der Waals surface area (Å²) in [6.45, 7) is 5.95. The van der Waals surface area contributed by atoms with Gasteiger partial charge in [-0.25, -0.2) is 0 Å². The van der Waals surface area contributed by atoms with Crippen LogP contribution in [0.3, 0.4) is 0 Å². The van der Waals surface area contributed by atoms with Crippen LogP contribution in [-0.4, -0.2) is 26.0 Å². The van der Waals surface area contributed by atoms with Gasteiger partial charge in [-0.05, 0) is 32.9 Å². The van der Waals surface area contributed by atoms with E-state index in [1.165, 1.54) is 19.3 Å². The Morgan fingerprint density at radius 2 is 1.80 bits per heavy atom. The molecule has 0 saturated carbocycles. The molecule has 2 N–H and O–H groups in total. The highest BCUT2D eigenvalue weighted by atomic mass is 16.1. The van der Waals surface area contributed by atoms with Crippen molar-refractivity contribution in [1.29, 1.82) is 0 Å². The van der Waals surface area contributed by atoms with Gasteiger partial charge in [0.25, 0.3) is 0 Å². The Balaban J connectivity index is -0.000000980. The van der Waals surface area contributed by atoms with Crippen molar-refractivity contribution < 1.29 is 7.65 Å². The number of carbonyl (C=O) groups excluding carboxylic acids is 1. The average Bonchev–Trinajstić information content (AvgIpc) is 2.26. The molecule has 0 aromatic carbocycles. The van der Waals surface area contributed by atoms with E-state index in [-0.39, 0.29) is 14.7 Å². The third-order valence-electron chi connectivity index (χ3n) is 2.71. The van der Waals surface area contributed by atoms with Gasteiger partial charge in [-0.3, -0.25) is 4.79 Å². The minimum absolute atomic E-state index is 0. The summed E-state index contributed by atoms with van der Waals surface area (Å²) in [5.74, 6) is 0.363. The second-order valence-corrected chi connectivity index (χ2v) is 4.12. The second kappa shape index (κ2) is 9.97. The number of unbranched alkanes of at least 4 members (excludes halogenated alkanes) is 3. The van der Waals surface area contributed by atoms with E-state index in [1.807, 2.05) is 20.9 Å². The number of hydrogen-bond donors (Lipinski definition) is 2. The molecule has 0 heterocycles. The van der Waals surface area contributed by atoms with Crippen LogP contribution in [0.15, 0.2) is 0 Å². The first-order valence-corrected chi connectivity index (χ1v) is 6.14. The van der Waals surface area contributed by atoms with E-state index in [1.54, 1.807) is 0 Å². The van der Waals surface area contributed by atoms with Crippen molar-refractivity contribution in [2.24, 2.45) is 5.92 Å². The average molecular weight is 218 g/mol. The molecule has 0 saturated heterocycles. The molecule has 15 heavy (non-hydrogen) atoms. The molecule has 1 amide bonds. The summed E-state index contributed by atoms with van der Waals surface area (Å²) in [7, 11) is 1.98. The van der Waals surface area contributed by atoms with Gasteiger partial charge in [-0.2, -0.15) is 0 Å². The van der Waals surface area contributed by atoms with E-state index >= 15 is 0 Å². The highest BCUT2D eigenvalue weighted by molar-refractivity contribution is 5.78. The lowest BCUT2D eigenvalue weighted by molar-refractivity contribution is -0.124. The van der Waals surface area contributed by atoms with Crippen molar-refractivity contribution >= 4 is 5.91 Å². The van der Waals surface area contributed by atoms with Gasteiger partial charge in [0.2, 0.25) is 5.91 Å². The van der Waals surface area contributed by atoms with Gasteiger partial charge in [0.1, 0.15) is 0 Å². The minimum Gasteiger partial charge on any atom is -0.356 e. The second-order valence-electron chi connectivity index (χ2n) is 4.12. The van der Waals surface area contributed by atoms with E-state index in [9.17, 15) is 4.79 Å². The summed E-state index contributed by atoms with van der Waals surface area (Å²) in [6.07, 6.45) is 5.72.